The molecule has 0 spiro atoms. The van der Waals surface area contributed by atoms with E-state index in [0.717, 1.165) is 4.70 Å². The molecular formula is C16H12FN3O3S. The third kappa shape index (κ3) is 2.83. The Morgan fingerprint density at radius 3 is 2.67 bits per heavy atom. The normalized spacial score (nSPS) is 12.9. The molecule has 0 aliphatic carbocycles. The number of anilines is 2. The van der Waals surface area contributed by atoms with Gasteiger partial charge in [0.05, 0.1) is 15.9 Å². The fraction of sp³-hybridized carbons (Fsp3) is 0.125. The number of fused-ring (bicyclic) bond motifs is 2. The van der Waals surface area contributed by atoms with Crippen molar-refractivity contribution in [3.63, 3.8) is 0 Å². The first-order valence-electron chi connectivity index (χ1n) is 7.22. The van der Waals surface area contributed by atoms with Crippen LogP contribution in [-0.2, 0) is 0 Å². The maximum Gasteiger partial charge on any atom is 0.325 e. The van der Waals surface area contributed by atoms with Crippen molar-refractivity contribution in [2.75, 3.05) is 23.8 Å². The summed E-state index contributed by atoms with van der Waals surface area (Å²) in [6.07, 6.45) is 0. The lowest BCUT2D eigenvalue weighted by Crippen LogP contribution is -2.19. The van der Waals surface area contributed by atoms with Gasteiger partial charge in [0.2, 0.25) is 0 Å². The molecule has 0 bridgehead atoms. The van der Waals surface area contributed by atoms with Crippen molar-refractivity contribution in [3.8, 4) is 11.5 Å². The Balaban J connectivity index is 1.54. The SMILES string of the molecule is O=C(Nc1nc2cc3c(cc2s1)OCCO3)Nc1ccccc1F. The first-order valence-corrected chi connectivity index (χ1v) is 8.03. The van der Waals surface area contributed by atoms with Gasteiger partial charge in [-0.15, -0.1) is 0 Å². The second-order valence-electron chi connectivity index (χ2n) is 5.04. The fourth-order valence-corrected chi connectivity index (χ4v) is 3.20. The quantitative estimate of drug-likeness (QED) is 0.740. The van der Waals surface area contributed by atoms with Gasteiger partial charge in [-0.05, 0) is 12.1 Å². The van der Waals surface area contributed by atoms with Crippen LogP contribution >= 0.6 is 11.3 Å². The van der Waals surface area contributed by atoms with Crippen molar-refractivity contribution < 1.29 is 18.7 Å². The number of carbonyl (C=O) groups is 1. The van der Waals surface area contributed by atoms with Gasteiger partial charge in [0.25, 0.3) is 0 Å². The summed E-state index contributed by atoms with van der Waals surface area (Å²) in [5.74, 6) is 0.806. The number of rotatable bonds is 2. The van der Waals surface area contributed by atoms with Crippen LogP contribution < -0.4 is 20.1 Å². The number of ether oxygens (including phenoxy) is 2. The third-order valence-electron chi connectivity index (χ3n) is 3.39. The number of nitrogens with one attached hydrogen (secondary N) is 2. The summed E-state index contributed by atoms with van der Waals surface area (Å²) in [7, 11) is 0. The number of para-hydroxylation sites is 1. The van der Waals surface area contributed by atoms with Crippen molar-refractivity contribution in [2.45, 2.75) is 0 Å². The van der Waals surface area contributed by atoms with E-state index in [1.54, 1.807) is 18.2 Å². The van der Waals surface area contributed by atoms with Crippen molar-refractivity contribution in [1.29, 1.82) is 0 Å². The van der Waals surface area contributed by atoms with Crippen LogP contribution in [0.15, 0.2) is 36.4 Å². The molecule has 2 N–H and O–H groups in total. The molecule has 0 atom stereocenters. The second-order valence-corrected chi connectivity index (χ2v) is 6.07. The van der Waals surface area contributed by atoms with Crippen LogP contribution in [0.5, 0.6) is 11.5 Å². The molecule has 3 aromatic rings. The smallest absolute Gasteiger partial charge is 0.325 e. The van der Waals surface area contributed by atoms with E-state index in [1.165, 1.54) is 23.5 Å². The second kappa shape index (κ2) is 5.97. The minimum Gasteiger partial charge on any atom is -0.486 e. The monoisotopic (exact) mass is 345 g/mol. The zero-order chi connectivity index (χ0) is 16.5. The molecule has 1 aromatic heterocycles. The van der Waals surface area contributed by atoms with Crippen LogP contribution in [0.25, 0.3) is 10.2 Å². The van der Waals surface area contributed by atoms with Crippen molar-refractivity contribution >= 4 is 38.4 Å². The van der Waals surface area contributed by atoms with Gasteiger partial charge >= 0.3 is 6.03 Å². The van der Waals surface area contributed by atoms with E-state index in [2.05, 4.69) is 15.6 Å². The van der Waals surface area contributed by atoms with Crippen LogP contribution in [0.1, 0.15) is 0 Å². The topological polar surface area (TPSA) is 72.5 Å². The Labute approximate surface area is 140 Å². The molecule has 6 nitrogen and oxygen atoms in total. The van der Waals surface area contributed by atoms with Crippen LogP contribution in [-0.4, -0.2) is 24.2 Å². The van der Waals surface area contributed by atoms with Gasteiger partial charge in [-0.1, -0.05) is 23.5 Å². The molecule has 2 heterocycles. The molecule has 0 saturated heterocycles. The van der Waals surface area contributed by atoms with Gasteiger partial charge in [0.1, 0.15) is 19.0 Å². The summed E-state index contributed by atoms with van der Waals surface area (Å²) >= 11 is 1.30. The summed E-state index contributed by atoms with van der Waals surface area (Å²) in [4.78, 5) is 16.3. The highest BCUT2D eigenvalue weighted by Crippen LogP contribution is 2.37. The van der Waals surface area contributed by atoms with Crippen molar-refractivity contribution in [3.05, 3.63) is 42.2 Å². The summed E-state index contributed by atoms with van der Waals surface area (Å²) in [6.45, 7) is 1.01. The van der Waals surface area contributed by atoms with Crippen LogP contribution in [0.2, 0.25) is 0 Å². The Bertz CT molecular complexity index is 885. The summed E-state index contributed by atoms with van der Waals surface area (Å²) in [5, 5.41) is 5.46. The Kier molecular flexibility index (Phi) is 3.66. The highest BCUT2D eigenvalue weighted by molar-refractivity contribution is 7.22. The number of urea groups is 1. The zero-order valence-corrected chi connectivity index (χ0v) is 13.2. The van der Waals surface area contributed by atoms with Crippen LogP contribution in [0.3, 0.4) is 0 Å². The van der Waals surface area contributed by atoms with E-state index in [9.17, 15) is 9.18 Å². The number of amides is 2. The van der Waals surface area contributed by atoms with E-state index in [1.807, 2.05) is 6.07 Å². The molecule has 0 saturated carbocycles. The largest absolute Gasteiger partial charge is 0.486 e. The number of aromatic nitrogens is 1. The minimum atomic E-state index is -0.559. The summed E-state index contributed by atoms with van der Waals surface area (Å²) in [6, 6.07) is 9.00. The number of halogens is 1. The predicted octanol–water partition coefficient (Wildman–Crippen LogP) is 3.85. The first kappa shape index (κ1) is 14.7. The average molecular weight is 345 g/mol. The van der Waals surface area contributed by atoms with Gasteiger partial charge in [-0.25, -0.2) is 14.2 Å². The van der Waals surface area contributed by atoms with E-state index in [0.29, 0.717) is 35.4 Å². The van der Waals surface area contributed by atoms with Gasteiger partial charge in [0.15, 0.2) is 16.6 Å². The van der Waals surface area contributed by atoms with Gasteiger partial charge < -0.3 is 14.8 Å². The summed E-state index contributed by atoms with van der Waals surface area (Å²) in [5.41, 5.74) is 0.804. The third-order valence-corrected chi connectivity index (χ3v) is 4.33. The first-order chi connectivity index (χ1) is 11.7. The van der Waals surface area contributed by atoms with Gasteiger partial charge in [-0.2, -0.15) is 0 Å². The number of thiazole rings is 1. The standard InChI is InChI=1S/C16H12FN3O3S/c17-9-3-1-2-4-10(9)18-15(21)20-16-19-11-7-12-13(8-14(11)24-16)23-6-5-22-12/h1-4,7-8H,5-6H2,(H2,18,19,20,21). The molecular weight excluding hydrogens is 333 g/mol. The highest BCUT2D eigenvalue weighted by Gasteiger charge is 2.16. The molecule has 1 aliphatic heterocycles. The maximum atomic E-state index is 13.5. The van der Waals surface area contributed by atoms with E-state index in [4.69, 9.17) is 9.47 Å². The molecule has 4 rings (SSSR count). The number of carbonyl (C=O) groups excluding carboxylic acids is 1. The molecule has 24 heavy (non-hydrogen) atoms. The number of nitrogens with zero attached hydrogens (tertiary/aromatic N) is 1. The predicted molar refractivity (Wildman–Crippen MR) is 89.7 cm³/mol. The average Bonchev–Trinajstić information content (AvgIpc) is 2.95. The highest BCUT2D eigenvalue weighted by atomic mass is 32.1. The number of benzene rings is 2. The van der Waals surface area contributed by atoms with E-state index >= 15 is 0 Å². The van der Waals surface area contributed by atoms with Gasteiger partial charge in [0, 0.05) is 12.1 Å². The number of hydrogen-bond acceptors (Lipinski definition) is 5. The van der Waals surface area contributed by atoms with Crippen LogP contribution in [0.4, 0.5) is 20.0 Å². The Morgan fingerprint density at radius 1 is 1.12 bits per heavy atom. The lowest BCUT2D eigenvalue weighted by Gasteiger charge is -2.17. The van der Waals surface area contributed by atoms with Gasteiger partial charge in [-0.3, -0.25) is 5.32 Å². The van der Waals surface area contributed by atoms with Crippen molar-refractivity contribution in [1.82, 2.24) is 4.98 Å². The number of hydrogen-bond donors (Lipinski definition) is 2. The Morgan fingerprint density at radius 2 is 1.88 bits per heavy atom. The van der Waals surface area contributed by atoms with E-state index < -0.39 is 11.8 Å². The molecule has 8 heteroatoms. The molecule has 0 radical (unpaired) electrons. The molecule has 1 aliphatic rings. The molecule has 2 amide bonds. The lowest BCUT2D eigenvalue weighted by atomic mass is 10.3. The molecule has 2 aromatic carbocycles. The molecule has 0 fully saturated rings. The van der Waals surface area contributed by atoms with E-state index in [-0.39, 0.29) is 5.69 Å². The zero-order valence-electron chi connectivity index (χ0n) is 12.3. The minimum absolute atomic E-state index is 0.105. The molecule has 122 valence electrons. The van der Waals surface area contributed by atoms with Crippen LogP contribution in [0, 0.1) is 5.82 Å². The summed E-state index contributed by atoms with van der Waals surface area (Å²) < 4.78 is 25.4. The lowest BCUT2D eigenvalue weighted by molar-refractivity contribution is 0.172. The Hall–Kier alpha value is -2.87. The fourth-order valence-electron chi connectivity index (χ4n) is 2.33. The van der Waals surface area contributed by atoms with Crippen molar-refractivity contribution in [2.24, 2.45) is 0 Å². The maximum absolute atomic E-state index is 13.5. The molecule has 0 unspecified atom stereocenters.